The summed E-state index contributed by atoms with van der Waals surface area (Å²) in [6.45, 7) is 0.0581. The number of nitrogens with zero attached hydrogens (tertiary/aromatic N) is 4. The van der Waals surface area contributed by atoms with Crippen LogP contribution in [0.3, 0.4) is 0 Å². The van der Waals surface area contributed by atoms with Crippen molar-refractivity contribution in [3.8, 4) is 5.82 Å². The van der Waals surface area contributed by atoms with Gasteiger partial charge >= 0.3 is 0 Å². The number of pyridine rings is 1. The summed E-state index contributed by atoms with van der Waals surface area (Å²) in [6.07, 6.45) is 3.75. The molecule has 180 valence electrons. The van der Waals surface area contributed by atoms with Gasteiger partial charge in [-0.25, -0.2) is 27.2 Å². The van der Waals surface area contributed by atoms with Gasteiger partial charge in [-0.15, -0.1) is 0 Å². The van der Waals surface area contributed by atoms with Gasteiger partial charge in [0.25, 0.3) is 0 Å². The number of aromatic nitrogens is 3. The summed E-state index contributed by atoms with van der Waals surface area (Å²) in [5, 5.41) is 2.82. The van der Waals surface area contributed by atoms with Crippen LogP contribution in [0.15, 0.2) is 72.0 Å². The molecule has 1 aliphatic heterocycles. The van der Waals surface area contributed by atoms with Crippen LogP contribution >= 0.6 is 0 Å². The smallest absolute Gasteiger partial charge is 0.246 e. The highest BCUT2D eigenvalue weighted by Crippen LogP contribution is 2.27. The number of carbonyl (C=O) groups is 1. The topological polar surface area (TPSA) is 97.2 Å². The summed E-state index contributed by atoms with van der Waals surface area (Å²) < 4.78 is 55.9. The Bertz CT molecular complexity index is 1500. The van der Waals surface area contributed by atoms with Crippen LogP contribution < -0.4 is 5.32 Å². The van der Waals surface area contributed by atoms with Crippen LogP contribution in [0, 0.1) is 17.6 Å². The Hall–Kier alpha value is -3.70. The lowest BCUT2D eigenvalue weighted by molar-refractivity contribution is -0.120. The number of benzene rings is 2. The van der Waals surface area contributed by atoms with Crippen molar-refractivity contribution in [1.82, 2.24) is 18.8 Å². The molecule has 0 unspecified atom stereocenters. The molecule has 8 nitrogen and oxygen atoms in total. The number of sulfonamides is 1. The van der Waals surface area contributed by atoms with Crippen molar-refractivity contribution in [2.75, 3.05) is 18.4 Å². The summed E-state index contributed by atoms with van der Waals surface area (Å²) in [6, 6.07) is 13.5. The van der Waals surface area contributed by atoms with E-state index in [0.29, 0.717) is 17.6 Å². The number of fused-ring (bicyclic) bond motifs is 1. The minimum atomic E-state index is -4.20. The first-order valence-corrected chi connectivity index (χ1v) is 12.4. The summed E-state index contributed by atoms with van der Waals surface area (Å²) in [5.74, 6) is -1.86. The Balaban J connectivity index is 1.22. The molecule has 11 heteroatoms. The van der Waals surface area contributed by atoms with Crippen LogP contribution in [0.5, 0.6) is 0 Å². The lowest BCUT2D eigenvalue weighted by Gasteiger charge is -2.30. The Morgan fingerprint density at radius 3 is 2.51 bits per heavy atom. The lowest BCUT2D eigenvalue weighted by atomic mass is 9.97. The zero-order valence-electron chi connectivity index (χ0n) is 18.4. The van der Waals surface area contributed by atoms with Gasteiger partial charge in [0.05, 0.1) is 22.9 Å². The zero-order valence-corrected chi connectivity index (χ0v) is 19.3. The Morgan fingerprint density at radius 1 is 1.00 bits per heavy atom. The maximum absolute atomic E-state index is 14.0. The molecule has 4 aromatic rings. The number of amides is 1. The van der Waals surface area contributed by atoms with Crippen LogP contribution in [0.4, 0.5) is 14.5 Å². The van der Waals surface area contributed by atoms with Gasteiger partial charge in [-0.3, -0.25) is 9.36 Å². The molecule has 3 heterocycles. The number of halogens is 2. The van der Waals surface area contributed by atoms with Gasteiger partial charge in [-0.05, 0) is 55.3 Å². The van der Waals surface area contributed by atoms with Crippen LogP contribution in [0.1, 0.15) is 12.8 Å². The van der Waals surface area contributed by atoms with E-state index in [1.807, 2.05) is 28.8 Å². The molecule has 1 N–H and O–H groups in total. The van der Waals surface area contributed by atoms with Crippen molar-refractivity contribution in [2.24, 2.45) is 5.92 Å². The lowest BCUT2D eigenvalue weighted by Crippen LogP contribution is -2.41. The Morgan fingerprint density at radius 2 is 1.77 bits per heavy atom. The Kier molecular flexibility index (Phi) is 6.03. The molecule has 5 rings (SSSR count). The molecule has 2 aromatic carbocycles. The van der Waals surface area contributed by atoms with E-state index in [0.717, 1.165) is 27.5 Å². The average Bonchev–Trinajstić information content (AvgIpc) is 3.30. The van der Waals surface area contributed by atoms with Crippen LogP contribution in [0.25, 0.3) is 16.9 Å². The second-order valence-electron chi connectivity index (χ2n) is 8.25. The highest BCUT2D eigenvalue weighted by Gasteiger charge is 2.33. The molecule has 2 aromatic heterocycles. The van der Waals surface area contributed by atoms with Crippen molar-refractivity contribution in [3.05, 3.63) is 78.8 Å². The second kappa shape index (κ2) is 9.16. The maximum atomic E-state index is 14.0. The highest BCUT2D eigenvalue weighted by molar-refractivity contribution is 7.89. The number of hydrogen-bond donors (Lipinski definition) is 1. The third-order valence-corrected chi connectivity index (χ3v) is 7.97. The van der Waals surface area contributed by atoms with E-state index in [-0.39, 0.29) is 31.8 Å². The largest absolute Gasteiger partial charge is 0.324 e. The van der Waals surface area contributed by atoms with Gasteiger partial charge in [-0.1, -0.05) is 12.1 Å². The molecule has 0 spiro atoms. The first kappa shape index (κ1) is 23.1. The minimum absolute atomic E-state index is 0.0290. The SMILES string of the molecule is O=C(Nc1ccc(-n2cnc3ccccc32)nc1)C1CCN(S(=O)(=O)c2cc(F)ccc2F)CC1. The monoisotopic (exact) mass is 497 g/mol. The molecular weight excluding hydrogens is 476 g/mol. The van der Waals surface area contributed by atoms with Crippen LogP contribution in [-0.4, -0.2) is 46.3 Å². The quantitative estimate of drug-likeness (QED) is 0.453. The molecule has 0 radical (unpaired) electrons. The molecule has 0 bridgehead atoms. The van der Waals surface area contributed by atoms with E-state index in [4.69, 9.17) is 0 Å². The normalized spacial score (nSPS) is 15.4. The fourth-order valence-corrected chi connectivity index (χ4v) is 5.71. The molecule has 0 aliphatic carbocycles. The van der Waals surface area contributed by atoms with Crippen molar-refractivity contribution < 1.29 is 22.0 Å². The van der Waals surface area contributed by atoms with Crippen LogP contribution in [0.2, 0.25) is 0 Å². The van der Waals surface area contributed by atoms with Crippen molar-refractivity contribution in [1.29, 1.82) is 0 Å². The van der Waals surface area contributed by atoms with Gasteiger partial charge in [0, 0.05) is 19.0 Å². The molecule has 1 saturated heterocycles. The van der Waals surface area contributed by atoms with E-state index in [2.05, 4.69) is 15.3 Å². The van der Waals surface area contributed by atoms with Gasteiger partial charge in [0.2, 0.25) is 15.9 Å². The summed E-state index contributed by atoms with van der Waals surface area (Å²) in [7, 11) is -4.20. The number of nitrogens with one attached hydrogen (secondary N) is 1. The fraction of sp³-hybridized carbons (Fsp3) is 0.208. The Labute approximate surface area is 200 Å². The number of carbonyl (C=O) groups excluding carboxylic acids is 1. The third-order valence-electron chi connectivity index (χ3n) is 6.05. The molecule has 0 saturated carbocycles. The summed E-state index contributed by atoms with van der Waals surface area (Å²) in [5.41, 5.74) is 2.27. The minimum Gasteiger partial charge on any atom is -0.324 e. The molecule has 1 aliphatic rings. The van der Waals surface area contributed by atoms with E-state index in [9.17, 15) is 22.0 Å². The molecule has 1 fully saturated rings. The van der Waals surface area contributed by atoms with E-state index in [1.54, 1.807) is 24.7 Å². The van der Waals surface area contributed by atoms with Crippen molar-refractivity contribution in [2.45, 2.75) is 17.7 Å². The number of hydrogen-bond acceptors (Lipinski definition) is 5. The van der Waals surface area contributed by atoms with E-state index < -0.39 is 32.5 Å². The first-order valence-electron chi connectivity index (χ1n) is 11.0. The molecule has 35 heavy (non-hydrogen) atoms. The van der Waals surface area contributed by atoms with E-state index in [1.165, 1.54) is 0 Å². The van der Waals surface area contributed by atoms with Crippen molar-refractivity contribution in [3.63, 3.8) is 0 Å². The van der Waals surface area contributed by atoms with Gasteiger partial charge in [0.1, 0.15) is 28.7 Å². The predicted molar refractivity (Wildman–Crippen MR) is 125 cm³/mol. The predicted octanol–water partition coefficient (Wildman–Crippen LogP) is 3.74. The number of imidazole rings is 1. The zero-order chi connectivity index (χ0) is 24.6. The first-order chi connectivity index (χ1) is 16.8. The molecule has 1 amide bonds. The van der Waals surface area contributed by atoms with E-state index >= 15 is 0 Å². The van der Waals surface area contributed by atoms with Gasteiger partial charge < -0.3 is 5.32 Å². The maximum Gasteiger partial charge on any atom is 0.246 e. The summed E-state index contributed by atoms with van der Waals surface area (Å²) in [4.78, 5) is 20.8. The van der Waals surface area contributed by atoms with Gasteiger partial charge in [-0.2, -0.15) is 4.31 Å². The average molecular weight is 498 g/mol. The second-order valence-corrected chi connectivity index (χ2v) is 10.2. The fourth-order valence-electron chi connectivity index (χ4n) is 4.16. The number of rotatable bonds is 5. The number of anilines is 1. The van der Waals surface area contributed by atoms with Crippen LogP contribution in [-0.2, 0) is 14.8 Å². The molecule has 0 atom stereocenters. The standard InChI is InChI=1S/C24H21F2N5O3S/c25-17-5-7-19(26)22(13-17)35(33,34)30-11-9-16(10-12-30)24(32)29-18-6-8-23(27-14-18)31-15-28-20-3-1-2-4-21(20)31/h1-8,13-16H,9-12H2,(H,29,32). The third kappa shape index (κ3) is 4.52. The number of piperidine rings is 1. The molecular formula is C24H21F2N5O3S. The van der Waals surface area contributed by atoms with Crippen molar-refractivity contribution >= 4 is 32.7 Å². The van der Waals surface area contributed by atoms with Gasteiger partial charge in [0.15, 0.2) is 0 Å². The number of para-hydroxylation sites is 2. The summed E-state index contributed by atoms with van der Waals surface area (Å²) >= 11 is 0. The highest BCUT2D eigenvalue weighted by atomic mass is 32.2.